The van der Waals surface area contributed by atoms with Crippen LogP contribution in [-0.2, 0) is 0 Å². The van der Waals surface area contributed by atoms with E-state index in [1.54, 1.807) is 12.4 Å². The summed E-state index contributed by atoms with van der Waals surface area (Å²) in [5.74, 6) is 0. The second-order valence-corrected chi connectivity index (χ2v) is 3.83. The van der Waals surface area contributed by atoms with E-state index in [4.69, 9.17) is 5.73 Å². The highest BCUT2D eigenvalue weighted by Crippen LogP contribution is 2.27. The van der Waals surface area contributed by atoms with E-state index in [2.05, 4.69) is 35.0 Å². The summed E-state index contributed by atoms with van der Waals surface area (Å²) in [5.41, 5.74) is 9.91. The molecule has 0 aliphatic rings. The van der Waals surface area contributed by atoms with Crippen LogP contribution in [0.15, 0.2) is 42.7 Å². The minimum absolute atomic E-state index is 0.687. The average molecular weight is 213 g/mol. The zero-order valence-corrected chi connectivity index (χ0v) is 9.51. The van der Waals surface area contributed by atoms with Crippen molar-refractivity contribution < 1.29 is 0 Å². The van der Waals surface area contributed by atoms with Crippen LogP contribution in [0.1, 0.15) is 5.56 Å². The van der Waals surface area contributed by atoms with Gasteiger partial charge in [0.2, 0.25) is 0 Å². The maximum atomic E-state index is 5.89. The number of nitrogens with zero attached hydrogens (tertiary/aromatic N) is 2. The summed E-state index contributed by atoms with van der Waals surface area (Å²) in [4.78, 5) is 6.05. The second-order valence-electron chi connectivity index (χ2n) is 3.83. The molecule has 1 aromatic heterocycles. The van der Waals surface area contributed by atoms with Crippen molar-refractivity contribution in [2.75, 3.05) is 17.7 Å². The van der Waals surface area contributed by atoms with Crippen molar-refractivity contribution in [1.29, 1.82) is 0 Å². The Bertz CT molecular complexity index is 494. The van der Waals surface area contributed by atoms with Crippen LogP contribution in [0.5, 0.6) is 0 Å². The highest BCUT2D eigenvalue weighted by molar-refractivity contribution is 5.73. The number of rotatable bonds is 2. The van der Waals surface area contributed by atoms with Gasteiger partial charge in [0.05, 0.1) is 17.6 Å². The van der Waals surface area contributed by atoms with Crippen molar-refractivity contribution in [3.8, 4) is 0 Å². The minimum Gasteiger partial charge on any atom is -0.396 e. The average Bonchev–Trinajstić information content (AvgIpc) is 2.29. The summed E-state index contributed by atoms with van der Waals surface area (Å²) < 4.78 is 0. The number of aromatic nitrogens is 1. The van der Waals surface area contributed by atoms with Crippen LogP contribution in [-0.4, -0.2) is 12.0 Å². The van der Waals surface area contributed by atoms with Gasteiger partial charge in [-0.25, -0.2) is 0 Å². The lowest BCUT2D eigenvalue weighted by Crippen LogP contribution is -2.11. The first-order valence-corrected chi connectivity index (χ1v) is 5.18. The molecule has 0 radical (unpaired) electrons. The first kappa shape index (κ1) is 10.5. The zero-order chi connectivity index (χ0) is 11.5. The summed E-state index contributed by atoms with van der Waals surface area (Å²) in [5, 5.41) is 0. The summed E-state index contributed by atoms with van der Waals surface area (Å²) in [7, 11) is 2.00. The summed E-state index contributed by atoms with van der Waals surface area (Å²) in [6.07, 6.45) is 3.42. The zero-order valence-electron chi connectivity index (χ0n) is 9.51. The van der Waals surface area contributed by atoms with Gasteiger partial charge in [-0.05, 0) is 30.7 Å². The molecule has 0 aliphatic heterocycles. The van der Waals surface area contributed by atoms with Gasteiger partial charge in [0.1, 0.15) is 0 Å². The molecule has 2 N–H and O–H groups in total. The molecule has 16 heavy (non-hydrogen) atoms. The topological polar surface area (TPSA) is 42.2 Å². The molecule has 0 bridgehead atoms. The van der Waals surface area contributed by atoms with Crippen molar-refractivity contribution in [3.05, 3.63) is 48.3 Å². The SMILES string of the molecule is Cc1cccc(N(C)c2ccncc2N)c1. The van der Waals surface area contributed by atoms with Crippen molar-refractivity contribution in [3.63, 3.8) is 0 Å². The quantitative estimate of drug-likeness (QED) is 0.834. The molecule has 0 saturated carbocycles. The van der Waals surface area contributed by atoms with Gasteiger partial charge in [-0.2, -0.15) is 0 Å². The summed E-state index contributed by atoms with van der Waals surface area (Å²) in [6, 6.07) is 10.2. The highest BCUT2D eigenvalue weighted by atomic mass is 15.1. The maximum absolute atomic E-state index is 5.89. The predicted octanol–water partition coefficient (Wildman–Crippen LogP) is 2.74. The Hall–Kier alpha value is -2.03. The lowest BCUT2D eigenvalue weighted by atomic mass is 10.2. The van der Waals surface area contributed by atoms with E-state index in [-0.39, 0.29) is 0 Å². The number of pyridine rings is 1. The molecule has 82 valence electrons. The smallest absolute Gasteiger partial charge is 0.0741 e. The van der Waals surface area contributed by atoms with E-state index in [9.17, 15) is 0 Å². The molecule has 0 saturated heterocycles. The van der Waals surface area contributed by atoms with Gasteiger partial charge in [0, 0.05) is 18.9 Å². The number of anilines is 3. The van der Waals surface area contributed by atoms with Crippen LogP contribution in [0, 0.1) is 6.92 Å². The van der Waals surface area contributed by atoms with Crippen molar-refractivity contribution in [1.82, 2.24) is 4.98 Å². The van der Waals surface area contributed by atoms with Gasteiger partial charge in [-0.1, -0.05) is 12.1 Å². The normalized spacial score (nSPS) is 10.1. The fourth-order valence-electron chi connectivity index (χ4n) is 1.68. The number of aryl methyl sites for hydroxylation is 1. The Labute approximate surface area is 95.5 Å². The molecule has 3 nitrogen and oxygen atoms in total. The molecule has 2 rings (SSSR count). The third-order valence-electron chi connectivity index (χ3n) is 2.58. The number of nitrogen functional groups attached to an aromatic ring is 1. The van der Waals surface area contributed by atoms with E-state index in [1.165, 1.54) is 5.56 Å². The van der Waals surface area contributed by atoms with Crippen LogP contribution in [0.2, 0.25) is 0 Å². The molecule has 3 heteroatoms. The highest BCUT2D eigenvalue weighted by Gasteiger charge is 2.06. The molecule has 0 aliphatic carbocycles. The van der Waals surface area contributed by atoms with Crippen LogP contribution < -0.4 is 10.6 Å². The van der Waals surface area contributed by atoms with Crippen LogP contribution in [0.25, 0.3) is 0 Å². The fraction of sp³-hybridized carbons (Fsp3) is 0.154. The van der Waals surface area contributed by atoms with Crippen LogP contribution in [0.3, 0.4) is 0 Å². The molecule has 2 aromatic rings. The number of benzene rings is 1. The van der Waals surface area contributed by atoms with E-state index < -0.39 is 0 Å². The first-order chi connectivity index (χ1) is 7.68. The molecule has 0 atom stereocenters. The van der Waals surface area contributed by atoms with Crippen LogP contribution >= 0.6 is 0 Å². The lowest BCUT2D eigenvalue weighted by molar-refractivity contribution is 1.18. The van der Waals surface area contributed by atoms with E-state index in [1.807, 2.05) is 19.2 Å². The Kier molecular flexibility index (Phi) is 2.77. The Morgan fingerprint density at radius 1 is 1.25 bits per heavy atom. The summed E-state index contributed by atoms with van der Waals surface area (Å²) >= 11 is 0. The monoisotopic (exact) mass is 213 g/mol. The number of hydrogen-bond donors (Lipinski definition) is 1. The van der Waals surface area contributed by atoms with Crippen LogP contribution in [0.4, 0.5) is 17.1 Å². The number of hydrogen-bond acceptors (Lipinski definition) is 3. The predicted molar refractivity (Wildman–Crippen MR) is 67.9 cm³/mol. The maximum Gasteiger partial charge on any atom is 0.0741 e. The van der Waals surface area contributed by atoms with Gasteiger partial charge in [0.25, 0.3) is 0 Å². The largest absolute Gasteiger partial charge is 0.396 e. The first-order valence-electron chi connectivity index (χ1n) is 5.18. The van der Waals surface area contributed by atoms with E-state index in [0.717, 1.165) is 11.4 Å². The molecule has 0 amide bonds. The fourth-order valence-corrected chi connectivity index (χ4v) is 1.68. The van der Waals surface area contributed by atoms with Crippen molar-refractivity contribution in [2.24, 2.45) is 0 Å². The lowest BCUT2D eigenvalue weighted by Gasteiger charge is -2.21. The minimum atomic E-state index is 0.687. The second kappa shape index (κ2) is 4.23. The van der Waals surface area contributed by atoms with Gasteiger partial charge < -0.3 is 10.6 Å². The third kappa shape index (κ3) is 1.98. The molecule has 0 unspecified atom stereocenters. The molecular formula is C13H15N3. The Morgan fingerprint density at radius 2 is 2.06 bits per heavy atom. The molecular weight excluding hydrogens is 198 g/mol. The Morgan fingerprint density at radius 3 is 2.75 bits per heavy atom. The van der Waals surface area contributed by atoms with E-state index in [0.29, 0.717) is 5.69 Å². The molecule has 0 fully saturated rings. The van der Waals surface area contributed by atoms with Crippen molar-refractivity contribution in [2.45, 2.75) is 6.92 Å². The summed E-state index contributed by atoms with van der Waals surface area (Å²) in [6.45, 7) is 2.08. The molecule has 1 aromatic carbocycles. The van der Waals surface area contributed by atoms with Gasteiger partial charge in [-0.15, -0.1) is 0 Å². The standard InChI is InChI=1S/C13H15N3/c1-10-4-3-5-11(8-10)16(2)13-6-7-15-9-12(13)14/h3-9H,14H2,1-2H3. The van der Waals surface area contributed by atoms with Gasteiger partial charge in [0.15, 0.2) is 0 Å². The Balaban J connectivity index is 2.39. The number of nitrogens with two attached hydrogens (primary N) is 1. The van der Waals surface area contributed by atoms with Crippen molar-refractivity contribution >= 4 is 17.1 Å². The molecule has 0 spiro atoms. The third-order valence-corrected chi connectivity index (χ3v) is 2.58. The van der Waals surface area contributed by atoms with Gasteiger partial charge >= 0.3 is 0 Å². The molecule has 1 heterocycles. The van der Waals surface area contributed by atoms with Gasteiger partial charge in [-0.3, -0.25) is 4.98 Å². The van der Waals surface area contributed by atoms with E-state index >= 15 is 0 Å².